The van der Waals surface area contributed by atoms with E-state index in [4.69, 9.17) is 23.2 Å². The van der Waals surface area contributed by atoms with Gasteiger partial charge in [-0.05, 0) is 48.5 Å². The van der Waals surface area contributed by atoms with Gasteiger partial charge in [-0.15, -0.1) is 0 Å². The van der Waals surface area contributed by atoms with E-state index in [1.807, 2.05) is 6.07 Å². The molecule has 0 saturated carbocycles. The molecular weight excluding hydrogens is 523 g/mol. The first-order valence-corrected chi connectivity index (χ1v) is 11.5. The van der Waals surface area contributed by atoms with Crippen LogP contribution in [0.1, 0.15) is 20.7 Å². The number of nitrogens with one attached hydrogen (secondary N) is 2. The normalized spacial score (nSPS) is 10.9. The average Bonchev–Trinajstić information content (AvgIpc) is 3.33. The number of fused-ring (bicyclic) bond motifs is 1. The van der Waals surface area contributed by atoms with E-state index in [1.54, 1.807) is 35.0 Å². The second-order valence-corrected chi connectivity index (χ2v) is 8.67. The number of hydrogen-bond acceptors (Lipinski definition) is 4. The summed E-state index contributed by atoms with van der Waals surface area (Å²) in [7, 11) is 0. The first-order valence-electron chi connectivity index (χ1n) is 10.8. The minimum atomic E-state index is -0.628. The molecule has 2 N–H and O–H groups in total. The van der Waals surface area contributed by atoms with Gasteiger partial charge in [-0.25, -0.2) is 18.7 Å². The molecule has 2 aromatic heterocycles. The molecule has 0 unspecified atom stereocenters. The summed E-state index contributed by atoms with van der Waals surface area (Å²) in [6.45, 7) is 0. The lowest BCUT2D eigenvalue weighted by molar-refractivity contribution is 0.101. The zero-order valence-corrected chi connectivity index (χ0v) is 20.2. The minimum absolute atomic E-state index is 0.147. The van der Waals surface area contributed by atoms with Gasteiger partial charge in [-0.3, -0.25) is 14.0 Å². The molecule has 0 aliphatic heterocycles. The monoisotopic (exact) mass is 537 g/mol. The molecule has 11 heteroatoms. The second kappa shape index (κ2) is 9.96. The van der Waals surface area contributed by atoms with E-state index in [9.17, 15) is 18.4 Å². The summed E-state index contributed by atoms with van der Waals surface area (Å²) in [6, 6.07) is 14.4. The Kier molecular flexibility index (Phi) is 6.56. The highest BCUT2D eigenvalue weighted by molar-refractivity contribution is 6.31. The number of rotatable bonds is 5. The topological polar surface area (TPSA) is 88.4 Å². The van der Waals surface area contributed by atoms with Crippen LogP contribution in [-0.2, 0) is 0 Å². The molecule has 0 spiro atoms. The number of anilines is 2. The van der Waals surface area contributed by atoms with Crippen molar-refractivity contribution in [2.75, 3.05) is 10.6 Å². The molecule has 0 aliphatic rings. The molecule has 5 aromatic rings. The summed E-state index contributed by atoms with van der Waals surface area (Å²) in [5, 5.41) is 5.11. The van der Waals surface area contributed by atoms with Gasteiger partial charge in [0.05, 0.1) is 21.9 Å². The van der Waals surface area contributed by atoms with Crippen molar-refractivity contribution in [3.8, 4) is 11.3 Å². The molecule has 184 valence electrons. The van der Waals surface area contributed by atoms with Crippen molar-refractivity contribution >= 4 is 52.2 Å². The molecule has 0 bridgehead atoms. The number of halogens is 4. The Labute approximate surface area is 218 Å². The van der Waals surface area contributed by atoms with Crippen molar-refractivity contribution in [2.45, 2.75) is 0 Å². The van der Waals surface area contributed by atoms with Crippen LogP contribution in [-0.4, -0.2) is 26.2 Å². The van der Waals surface area contributed by atoms with Crippen LogP contribution in [0.3, 0.4) is 0 Å². The maximum absolute atomic E-state index is 13.4. The quantitative estimate of drug-likeness (QED) is 0.268. The van der Waals surface area contributed by atoms with Crippen LogP contribution in [0.2, 0.25) is 10.0 Å². The van der Waals surface area contributed by atoms with Crippen LogP contribution in [0, 0.1) is 11.6 Å². The Bertz CT molecular complexity index is 1690. The first-order chi connectivity index (χ1) is 17.8. The minimum Gasteiger partial charge on any atom is -0.322 e. The fourth-order valence-corrected chi connectivity index (χ4v) is 4.00. The largest absolute Gasteiger partial charge is 0.322 e. The number of carbonyl (C=O) groups excluding carboxylic acids is 2. The van der Waals surface area contributed by atoms with Gasteiger partial charge < -0.3 is 10.6 Å². The van der Waals surface area contributed by atoms with Gasteiger partial charge in [0.25, 0.3) is 11.8 Å². The standard InChI is InChI=1S/C26H15Cl2F2N5O2/c27-18-11-15(4-6-20(18)29)25(36)33-17-3-1-2-14(10-17)22-13-32-24-23(31-8-9-35(22)24)34-26(37)16-5-7-21(30)19(28)12-16/h1-13H,(H,33,36)(H,31,34,37). The lowest BCUT2D eigenvalue weighted by atomic mass is 10.1. The Morgan fingerprint density at radius 3 is 2.11 bits per heavy atom. The highest BCUT2D eigenvalue weighted by Crippen LogP contribution is 2.27. The van der Waals surface area contributed by atoms with E-state index in [0.717, 1.165) is 17.7 Å². The Balaban J connectivity index is 1.41. The molecule has 0 saturated heterocycles. The number of amides is 2. The number of carbonyl (C=O) groups is 2. The van der Waals surface area contributed by atoms with Gasteiger partial charge in [0, 0.05) is 34.8 Å². The molecule has 3 aromatic carbocycles. The molecule has 2 amide bonds. The fourth-order valence-electron chi connectivity index (χ4n) is 3.63. The third kappa shape index (κ3) is 5.00. The number of hydrogen-bond donors (Lipinski definition) is 2. The van der Waals surface area contributed by atoms with E-state index in [-0.39, 0.29) is 27.0 Å². The maximum Gasteiger partial charge on any atom is 0.256 e. The predicted octanol–water partition coefficient (Wildman–Crippen LogP) is 6.49. The number of aromatic nitrogens is 3. The number of benzene rings is 3. The molecule has 0 fully saturated rings. The van der Waals surface area contributed by atoms with Gasteiger partial charge in [0.15, 0.2) is 11.5 Å². The molecule has 37 heavy (non-hydrogen) atoms. The fraction of sp³-hybridized carbons (Fsp3) is 0. The molecule has 7 nitrogen and oxygen atoms in total. The van der Waals surface area contributed by atoms with E-state index >= 15 is 0 Å². The lowest BCUT2D eigenvalue weighted by Crippen LogP contribution is -2.14. The van der Waals surface area contributed by atoms with Crippen LogP contribution in [0.15, 0.2) is 79.3 Å². The van der Waals surface area contributed by atoms with Gasteiger partial charge in [-0.1, -0.05) is 35.3 Å². The van der Waals surface area contributed by atoms with Crippen LogP contribution in [0.5, 0.6) is 0 Å². The SMILES string of the molecule is O=C(Nc1cccc(-c2cnc3c(NC(=O)c4ccc(F)c(Cl)c4)nccn23)c1)c1ccc(F)c(Cl)c1. The number of nitrogens with zero attached hydrogens (tertiary/aromatic N) is 3. The van der Waals surface area contributed by atoms with Gasteiger partial charge in [0.2, 0.25) is 0 Å². The van der Waals surface area contributed by atoms with E-state index in [0.29, 0.717) is 17.0 Å². The Hall–Kier alpha value is -4.34. The Morgan fingerprint density at radius 1 is 0.811 bits per heavy atom. The lowest BCUT2D eigenvalue weighted by Gasteiger charge is -2.09. The molecule has 2 heterocycles. The highest BCUT2D eigenvalue weighted by atomic mass is 35.5. The van der Waals surface area contributed by atoms with Crippen LogP contribution >= 0.6 is 23.2 Å². The second-order valence-electron chi connectivity index (χ2n) is 7.86. The third-order valence-corrected chi connectivity index (χ3v) is 6.02. The van der Waals surface area contributed by atoms with Gasteiger partial charge in [-0.2, -0.15) is 0 Å². The smallest absolute Gasteiger partial charge is 0.256 e. The predicted molar refractivity (Wildman–Crippen MR) is 137 cm³/mol. The van der Waals surface area contributed by atoms with Crippen LogP contribution in [0.4, 0.5) is 20.3 Å². The summed E-state index contributed by atoms with van der Waals surface area (Å²) in [5.41, 5.74) is 2.62. The summed E-state index contributed by atoms with van der Waals surface area (Å²) in [4.78, 5) is 33.9. The number of imidazole rings is 1. The molecular formula is C26H15Cl2F2N5O2. The Morgan fingerprint density at radius 2 is 1.46 bits per heavy atom. The summed E-state index contributed by atoms with van der Waals surface area (Å²) < 4.78 is 28.6. The van der Waals surface area contributed by atoms with Crippen molar-refractivity contribution in [1.82, 2.24) is 14.4 Å². The van der Waals surface area contributed by atoms with Gasteiger partial charge >= 0.3 is 0 Å². The molecule has 0 aliphatic carbocycles. The molecule has 0 atom stereocenters. The highest BCUT2D eigenvalue weighted by Gasteiger charge is 2.16. The van der Waals surface area contributed by atoms with Crippen molar-refractivity contribution < 1.29 is 18.4 Å². The van der Waals surface area contributed by atoms with Gasteiger partial charge in [0.1, 0.15) is 11.6 Å². The molecule has 0 radical (unpaired) electrons. The van der Waals surface area contributed by atoms with Crippen molar-refractivity contribution in [3.05, 3.63) is 112 Å². The van der Waals surface area contributed by atoms with E-state index in [1.165, 1.54) is 30.5 Å². The van der Waals surface area contributed by atoms with E-state index in [2.05, 4.69) is 20.6 Å². The third-order valence-electron chi connectivity index (χ3n) is 5.44. The molecule has 5 rings (SSSR count). The summed E-state index contributed by atoms with van der Waals surface area (Å²) in [6.07, 6.45) is 4.77. The zero-order chi connectivity index (χ0) is 26.1. The van der Waals surface area contributed by atoms with Crippen LogP contribution < -0.4 is 10.6 Å². The van der Waals surface area contributed by atoms with E-state index < -0.39 is 23.4 Å². The average molecular weight is 538 g/mol. The maximum atomic E-state index is 13.4. The van der Waals surface area contributed by atoms with Crippen molar-refractivity contribution in [3.63, 3.8) is 0 Å². The van der Waals surface area contributed by atoms with Crippen molar-refractivity contribution in [1.29, 1.82) is 0 Å². The first kappa shape index (κ1) is 24.4. The van der Waals surface area contributed by atoms with Crippen LogP contribution in [0.25, 0.3) is 16.9 Å². The van der Waals surface area contributed by atoms with Crippen molar-refractivity contribution in [2.24, 2.45) is 0 Å². The summed E-state index contributed by atoms with van der Waals surface area (Å²) >= 11 is 11.6. The zero-order valence-electron chi connectivity index (χ0n) is 18.7. The summed E-state index contributed by atoms with van der Waals surface area (Å²) in [5.74, 6) is -2.03.